The van der Waals surface area contributed by atoms with Gasteiger partial charge in [-0.25, -0.2) is 0 Å². The summed E-state index contributed by atoms with van der Waals surface area (Å²) in [4.78, 5) is 2.20. The zero-order valence-corrected chi connectivity index (χ0v) is 13.2. The lowest BCUT2D eigenvalue weighted by Crippen LogP contribution is -2.23. The van der Waals surface area contributed by atoms with E-state index in [2.05, 4.69) is 20.9 Å². The highest BCUT2D eigenvalue weighted by atomic mass is 79.9. The molecule has 0 radical (unpaired) electrons. The molecule has 0 N–H and O–H groups in total. The second-order valence-corrected chi connectivity index (χ2v) is 8.31. The van der Waals surface area contributed by atoms with Gasteiger partial charge in [0.15, 0.2) is 0 Å². The lowest BCUT2D eigenvalue weighted by molar-refractivity contribution is 0.364. The summed E-state index contributed by atoms with van der Waals surface area (Å²) in [6.45, 7) is 0. The Bertz CT molecular complexity index is 892. The lowest BCUT2D eigenvalue weighted by atomic mass is 10.1. The van der Waals surface area contributed by atoms with Crippen molar-refractivity contribution in [3.63, 3.8) is 0 Å². The van der Waals surface area contributed by atoms with Gasteiger partial charge < -0.3 is 0 Å². The molecule has 0 fully saturated rings. The molecule has 2 aromatic carbocycles. The van der Waals surface area contributed by atoms with Crippen LogP contribution in [0.5, 0.6) is 0 Å². The molecule has 8 heteroatoms. The Morgan fingerprint density at radius 3 is 2.32 bits per heavy atom. The minimum Gasteiger partial charge on any atom is -0.272 e. The number of rotatable bonds is 2. The van der Waals surface area contributed by atoms with Gasteiger partial charge in [-0.05, 0) is 41.1 Å². The first-order valence-corrected chi connectivity index (χ1v) is 8.86. The molecule has 2 aromatic rings. The molecule has 1 nitrogen and oxygen atoms in total. The highest BCUT2D eigenvalue weighted by molar-refractivity contribution is 9.10. The highest BCUT2D eigenvalue weighted by Gasteiger charge is 2.65. The molecule has 3 rings (SSSR count). The Morgan fingerprint density at radius 2 is 1.68 bits per heavy atom. The van der Waals surface area contributed by atoms with Crippen LogP contribution in [0.3, 0.4) is 0 Å². The van der Waals surface area contributed by atoms with Crippen LogP contribution in [0, 0.1) is 0 Å². The van der Waals surface area contributed by atoms with Gasteiger partial charge in [0.1, 0.15) is 4.90 Å². The van der Waals surface area contributed by atoms with E-state index in [9.17, 15) is 19.4 Å². The van der Waals surface area contributed by atoms with E-state index in [0.717, 1.165) is 16.1 Å². The third-order valence-electron chi connectivity index (χ3n) is 3.25. The van der Waals surface area contributed by atoms with Gasteiger partial charge in [-0.15, -0.1) is 0 Å². The summed E-state index contributed by atoms with van der Waals surface area (Å²) in [5.41, 5.74) is 0.763. The molecule has 1 heterocycles. The molecule has 1 aliphatic heterocycles. The van der Waals surface area contributed by atoms with E-state index in [1.54, 1.807) is 30.3 Å². The maximum absolute atomic E-state index is 12.8. The van der Waals surface area contributed by atoms with Crippen LogP contribution < -0.4 is 10.6 Å². The molecule has 0 amide bonds. The number of hydrogen-bond acceptors (Lipinski definition) is 1. The predicted molar refractivity (Wildman–Crippen MR) is 80.0 cm³/mol. The van der Waals surface area contributed by atoms with Crippen molar-refractivity contribution in [3.05, 3.63) is 63.1 Å². The molecular formula is C14H9BrF5NS. The molecule has 0 saturated heterocycles. The summed E-state index contributed by atoms with van der Waals surface area (Å²) in [5.74, 6) is 0. The van der Waals surface area contributed by atoms with Crippen molar-refractivity contribution in [2.45, 2.75) is 10.9 Å². The van der Waals surface area contributed by atoms with Gasteiger partial charge in [-0.3, -0.25) is 4.99 Å². The van der Waals surface area contributed by atoms with Gasteiger partial charge in [-0.1, -0.05) is 53.6 Å². The van der Waals surface area contributed by atoms with Gasteiger partial charge in [-0.2, -0.15) is 0 Å². The van der Waals surface area contributed by atoms with Crippen LogP contribution >= 0.6 is 26.2 Å². The number of nitrogens with zero attached hydrogens (tertiary/aromatic N) is 1. The normalized spacial score (nSPS) is 20.4. The van der Waals surface area contributed by atoms with Gasteiger partial charge in [0.05, 0.1) is 11.4 Å². The van der Waals surface area contributed by atoms with Gasteiger partial charge in [0, 0.05) is 4.47 Å². The van der Waals surface area contributed by atoms with E-state index >= 15 is 0 Å². The van der Waals surface area contributed by atoms with Crippen LogP contribution in [0.25, 0.3) is 6.08 Å². The summed E-state index contributed by atoms with van der Waals surface area (Å²) in [5, 5.41) is 0.339. The second-order valence-electron chi connectivity index (χ2n) is 4.99. The Hall–Kier alpha value is -1.41. The van der Waals surface area contributed by atoms with Gasteiger partial charge in [0.2, 0.25) is 0 Å². The first-order valence-electron chi connectivity index (χ1n) is 6.12. The summed E-state index contributed by atoms with van der Waals surface area (Å²) >= 11 is 3.30. The van der Waals surface area contributed by atoms with Gasteiger partial charge >= 0.3 is 10.2 Å². The number of hydrogen-bond donors (Lipinski definition) is 0. The minimum atomic E-state index is -9.68. The fourth-order valence-corrected chi connectivity index (χ4v) is 3.31. The standard InChI is InChI=1S/C14H9BrF5NS/c15-11-3-1-2-9(6-11)13-7-10-4-5-12(8-14(10)21-13)22(16,17,18,19)20/h1-8,13H/t13-/m1/s1. The Morgan fingerprint density at radius 1 is 0.955 bits per heavy atom. The topological polar surface area (TPSA) is 12.4 Å². The molecular weight excluding hydrogens is 389 g/mol. The van der Waals surface area contributed by atoms with Crippen LogP contribution in [0.15, 0.2) is 56.8 Å². The fourth-order valence-electron chi connectivity index (χ4n) is 2.23. The zero-order chi connectivity index (χ0) is 16.2. The van der Waals surface area contributed by atoms with Crippen molar-refractivity contribution < 1.29 is 19.4 Å². The fraction of sp³-hybridized carbons (Fsp3) is 0.0714. The summed E-state index contributed by atoms with van der Waals surface area (Å²) in [6.07, 6.45) is 1.65. The molecule has 22 heavy (non-hydrogen) atoms. The van der Waals surface area contributed by atoms with Crippen molar-refractivity contribution in [3.8, 4) is 0 Å². The molecule has 1 aliphatic rings. The van der Waals surface area contributed by atoms with Crippen molar-refractivity contribution >= 4 is 32.2 Å². The maximum atomic E-state index is 12.8. The second kappa shape index (κ2) is 4.11. The van der Waals surface area contributed by atoms with E-state index in [1.807, 2.05) is 0 Å². The molecule has 0 saturated carbocycles. The summed E-state index contributed by atoms with van der Waals surface area (Å²) < 4.78 is 65.0. The van der Waals surface area contributed by atoms with E-state index < -0.39 is 21.2 Å². The largest absolute Gasteiger partial charge is 0.310 e. The average molecular weight is 398 g/mol. The Balaban J connectivity index is 2.12. The number of benzene rings is 2. The molecule has 118 valence electrons. The molecule has 0 bridgehead atoms. The minimum absolute atomic E-state index is 0.0734. The van der Waals surface area contributed by atoms with Crippen LogP contribution in [0.2, 0.25) is 0 Å². The smallest absolute Gasteiger partial charge is 0.272 e. The highest BCUT2D eigenvalue weighted by Crippen LogP contribution is 3.01. The van der Waals surface area contributed by atoms with Crippen LogP contribution in [0.4, 0.5) is 19.4 Å². The summed E-state index contributed by atoms with van der Waals surface area (Å²) in [7, 11) is -9.68. The van der Waals surface area contributed by atoms with Gasteiger partial charge in [0.25, 0.3) is 0 Å². The third-order valence-corrected chi connectivity index (χ3v) is 4.89. The average Bonchev–Trinajstić information content (AvgIpc) is 2.78. The molecule has 1 atom stereocenters. The lowest BCUT2D eigenvalue weighted by Gasteiger charge is -2.40. The third kappa shape index (κ3) is 3.03. The van der Waals surface area contributed by atoms with E-state index in [-0.39, 0.29) is 5.36 Å². The molecule has 0 aromatic heterocycles. The quantitative estimate of drug-likeness (QED) is 0.612. The van der Waals surface area contributed by atoms with Crippen molar-refractivity contribution in [1.82, 2.24) is 0 Å². The summed E-state index contributed by atoms with van der Waals surface area (Å²) in [6, 6.07) is 8.50. The number of fused-ring (bicyclic) bond motifs is 1. The van der Waals surface area contributed by atoms with Crippen molar-refractivity contribution in [2.24, 2.45) is 4.99 Å². The molecule has 0 spiro atoms. The first-order chi connectivity index (χ1) is 9.92. The maximum Gasteiger partial charge on any atom is 0.310 e. The monoisotopic (exact) mass is 397 g/mol. The van der Waals surface area contributed by atoms with Crippen LogP contribution in [-0.2, 0) is 0 Å². The SMILES string of the molecule is FS(F)(F)(F)(F)c1ccc2c(c1)=N[C@@H](c1cccc(Br)c1)C=2. The Kier molecular flexibility index (Phi) is 2.89. The number of halogens is 6. The van der Waals surface area contributed by atoms with E-state index in [4.69, 9.17) is 0 Å². The van der Waals surface area contributed by atoms with E-state index in [1.165, 1.54) is 0 Å². The zero-order valence-electron chi connectivity index (χ0n) is 10.8. The van der Waals surface area contributed by atoms with E-state index in [0.29, 0.717) is 17.4 Å². The van der Waals surface area contributed by atoms with Crippen molar-refractivity contribution in [1.29, 1.82) is 0 Å². The molecule has 0 aliphatic carbocycles. The first kappa shape index (κ1) is 15.5. The Labute approximate surface area is 131 Å². The van der Waals surface area contributed by atoms with Crippen LogP contribution in [-0.4, -0.2) is 0 Å². The van der Waals surface area contributed by atoms with Crippen molar-refractivity contribution in [2.75, 3.05) is 0 Å². The van der Waals surface area contributed by atoms with Crippen LogP contribution in [0.1, 0.15) is 11.6 Å². The molecule has 0 unspecified atom stereocenters. The predicted octanol–water partition coefficient (Wildman–Crippen LogP) is 5.26.